The molecular formula is C15H23NO3. The Morgan fingerprint density at radius 2 is 1.95 bits per heavy atom. The van der Waals surface area contributed by atoms with Crippen LogP contribution in [0, 0.1) is 0 Å². The van der Waals surface area contributed by atoms with E-state index in [0.717, 1.165) is 24.5 Å². The molecule has 0 spiro atoms. The Hall–Kier alpha value is -1.26. The van der Waals surface area contributed by atoms with Crippen molar-refractivity contribution in [2.45, 2.75) is 32.4 Å². The van der Waals surface area contributed by atoms with E-state index in [0.29, 0.717) is 13.2 Å². The van der Waals surface area contributed by atoms with Crippen LogP contribution in [-0.4, -0.2) is 33.0 Å². The zero-order chi connectivity index (χ0) is 13.7. The van der Waals surface area contributed by atoms with E-state index in [2.05, 4.69) is 24.4 Å². The van der Waals surface area contributed by atoms with E-state index < -0.39 is 0 Å². The van der Waals surface area contributed by atoms with Crippen LogP contribution in [0.15, 0.2) is 18.2 Å². The van der Waals surface area contributed by atoms with Gasteiger partial charge in [-0.15, -0.1) is 0 Å². The Bertz CT molecular complexity index is 408. The van der Waals surface area contributed by atoms with Gasteiger partial charge in [-0.25, -0.2) is 0 Å². The van der Waals surface area contributed by atoms with Gasteiger partial charge in [0.15, 0.2) is 11.5 Å². The van der Waals surface area contributed by atoms with Gasteiger partial charge in [-0.05, 0) is 38.1 Å². The second-order valence-electron chi connectivity index (χ2n) is 4.57. The summed E-state index contributed by atoms with van der Waals surface area (Å²) in [6.07, 6.45) is 1.13. The Morgan fingerprint density at radius 3 is 2.58 bits per heavy atom. The molecule has 0 saturated carbocycles. The van der Waals surface area contributed by atoms with Crippen LogP contribution in [0.4, 0.5) is 0 Å². The molecule has 0 aliphatic carbocycles. The minimum Gasteiger partial charge on any atom is -0.486 e. The maximum atomic E-state index is 5.81. The topological polar surface area (TPSA) is 39.7 Å². The van der Waals surface area contributed by atoms with Gasteiger partial charge in [-0.1, -0.05) is 13.0 Å². The van der Waals surface area contributed by atoms with Crippen LogP contribution in [0.25, 0.3) is 0 Å². The molecule has 0 saturated heterocycles. The van der Waals surface area contributed by atoms with Gasteiger partial charge in [0.05, 0.1) is 12.1 Å². The summed E-state index contributed by atoms with van der Waals surface area (Å²) in [5.74, 6) is 1.66. The van der Waals surface area contributed by atoms with Crippen molar-refractivity contribution in [2.75, 3.05) is 26.9 Å². The average molecular weight is 265 g/mol. The van der Waals surface area contributed by atoms with Crippen LogP contribution in [0.3, 0.4) is 0 Å². The fourth-order valence-electron chi connectivity index (χ4n) is 2.48. The van der Waals surface area contributed by atoms with Gasteiger partial charge in [0.2, 0.25) is 0 Å². The molecule has 0 aromatic heterocycles. The molecule has 0 fully saturated rings. The van der Waals surface area contributed by atoms with Gasteiger partial charge in [-0.3, -0.25) is 0 Å². The second-order valence-corrected chi connectivity index (χ2v) is 4.57. The molecule has 19 heavy (non-hydrogen) atoms. The molecule has 1 aliphatic heterocycles. The lowest BCUT2D eigenvalue weighted by molar-refractivity contribution is 0.0332. The van der Waals surface area contributed by atoms with Crippen molar-refractivity contribution in [1.82, 2.24) is 5.32 Å². The number of hydrogen-bond acceptors (Lipinski definition) is 4. The molecule has 0 bridgehead atoms. The molecule has 1 aromatic rings. The molecule has 4 heteroatoms. The van der Waals surface area contributed by atoms with Crippen molar-refractivity contribution in [1.29, 1.82) is 0 Å². The zero-order valence-corrected chi connectivity index (χ0v) is 11.9. The molecule has 1 N–H and O–H groups in total. The number of rotatable bonds is 6. The lowest BCUT2D eigenvalue weighted by atomic mass is 9.99. The summed E-state index contributed by atoms with van der Waals surface area (Å²) in [6.45, 7) is 6.13. The number of fused-ring (bicyclic) bond motifs is 1. The quantitative estimate of drug-likeness (QED) is 0.858. The zero-order valence-electron chi connectivity index (χ0n) is 11.9. The SMILES string of the molecule is CCOC(CC)C(NC)c1ccc2c(c1)OCCO2. The van der Waals surface area contributed by atoms with E-state index in [-0.39, 0.29) is 12.1 Å². The third-order valence-electron chi connectivity index (χ3n) is 3.39. The lowest BCUT2D eigenvalue weighted by Gasteiger charge is -2.27. The summed E-state index contributed by atoms with van der Waals surface area (Å²) >= 11 is 0. The Morgan fingerprint density at radius 1 is 1.21 bits per heavy atom. The number of benzene rings is 1. The summed E-state index contributed by atoms with van der Waals surface area (Å²) in [7, 11) is 1.96. The number of ether oxygens (including phenoxy) is 3. The summed E-state index contributed by atoms with van der Waals surface area (Å²) in [4.78, 5) is 0. The Balaban J connectivity index is 2.22. The van der Waals surface area contributed by atoms with Crippen molar-refractivity contribution < 1.29 is 14.2 Å². The van der Waals surface area contributed by atoms with E-state index in [1.807, 2.05) is 20.0 Å². The maximum absolute atomic E-state index is 5.81. The fourth-order valence-corrected chi connectivity index (χ4v) is 2.48. The smallest absolute Gasteiger partial charge is 0.161 e. The molecule has 2 rings (SSSR count). The van der Waals surface area contributed by atoms with Crippen LogP contribution in [0.2, 0.25) is 0 Å². The van der Waals surface area contributed by atoms with Gasteiger partial charge in [-0.2, -0.15) is 0 Å². The summed E-state index contributed by atoms with van der Waals surface area (Å²) in [6, 6.07) is 6.28. The van der Waals surface area contributed by atoms with Crippen LogP contribution in [0.5, 0.6) is 11.5 Å². The predicted octanol–water partition coefficient (Wildman–Crippen LogP) is 2.53. The molecule has 1 aromatic carbocycles. The molecule has 4 nitrogen and oxygen atoms in total. The first-order chi connectivity index (χ1) is 9.30. The van der Waals surface area contributed by atoms with E-state index in [4.69, 9.17) is 14.2 Å². The number of hydrogen-bond donors (Lipinski definition) is 1. The van der Waals surface area contributed by atoms with Gasteiger partial charge < -0.3 is 19.5 Å². The Labute approximate surface area is 115 Å². The second kappa shape index (κ2) is 6.78. The molecule has 2 atom stereocenters. The van der Waals surface area contributed by atoms with Crippen molar-refractivity contribution in [3.8, 4) is 11.5 Å². The predicted molar refractivity (Wildman–Crippen MR) is 74.9 cm³/mol. The van der Waals surface area contributed by atoms with Crippen molar-refractivity contribution in [2.24, 2.45) is 0 Å². The standard InChI is InChI=1S/C15H23NO3/c1-4-12(17-5-2)15(16-3)11-6-7-13-14(10-11)19-9-8-18-13/h6-7,10,12,15-16H,4-5,8-9H2,1-3H3. The first kappa shape index (κ1) is 14.2. The van der Waals surface area contributed by atoms with Gasteiger partial charge in [0, 0.05) is 6.61 Å². The fraction of sp³-hybridized carbons (Fsp3) is 0.600. The minimum absolute atomic E-state index is 0.164. The minimum atomic E-state index is 0.164. The molecule has 106 valence electrons. The molecule has 2 unspecified atom stereocenters. The highest BCUT2D eigenvalue weighted by Crippen LogP contribution is 2.34. The van der Waals surface area contributed by atoms with E-state index >= 15 is 0 Å². The third kappa shape index (κ3) is 3.19. The van der Waals surface area contributed by atoms with Crippen molar-refractivity contribution >= 4 is 0 Å². The molecule has 0 amide bonds. The van der Waals surface area contributed by atoms with Crippen LogP contribution in [0.1, 0.15) is 31.9 Å². The van der Waals surface area contributed by atoms with E-state index in [1.54, 1.807) is 0 Å². The molecule has 1 aliphatic rings. The summed E-state index contributed by atoms with van der Waals surface area (Å²) < 4.78 is 17.0. The molecule has 0 radical (unpaired) electrons. The molecule has 1 heterocycles. The lowest BCUT2D eigenvalue weighted by Crippen LogP contribution is -2.31. The van der Waals surface area contributed by atoms with Gasteiger partial charge in [0.25, 0.3) is 0 Å². The largest absolute Gasteiger partial charge is 0.486 e. The summed E-state index contributed by atoms with van der Waals surface area (Å²) in [5, 5.41) is 3.34. The number of nitrogens with one attached hydrogen (secondary N) is 1. The van der Waals surface area contributed by atoms with Gasteiger partial charge >= 0.3 is 0 Å². The van der Waals surface area contributed by atoms with Crippen molar-refractivity contribution in [3.63, 3.8) is 0 Å². The van der Waals surface area contributed by atoms with Crippen LogP contribution >= 0.6 is 0 Å². The number of likely N-dealkylation sites (N-methyl/N-ethyl adjacent to an activating group) is 1. The molecular weight excluding hydrogens is 242 g/mol. The van der Waals surface area contributed by atoms with Crippen molar-refractivity contribution in [3.05, 3.63) is 23.8 Å². The third-order valence-corrected chi connectivity index (χ3v) is 3.39. The highest BCUT2D eigenvalue weighted by molar-refractivity contribution is 5.44. The Kier molecular flexibility index (Phi) is 5.05. The van der Waals surface area contributed by atoms with Crippen LogP contribution in [-0.2, 0) is 4.74 Å². The van der Waals surface area contributed by atoms with Gasteiger partial charge in [0.1, 0.15) is 13.2 Å². The van der Waals surface area contributed by atoms with E-state index in [1.165, 1.54) is 5.56 Å². The van der Waals surface area contributed by atoms with Crippen LogP contribution < -0.4 is 14.8 Å². The average Bonchev–Trinajstić information content (AvgIpc) is 2.47. The van der Waals surface area contributed by atoms with E-state index in [9.17, 15) is 0 Å². The maximum Gasteiger partial charge on any atom is 0.161 e. The first-order valence-electron chi connectivity index (χ1n) is 6.98. The first-order valence-corrected chi connectivity index (χ1v) is 6.98. The normalized spacial score (nSPS) is 17.0. The highest BCUT2D eigenvalue weighted by atomic mass is 16.6. The monoisotopic (exact) mass is 265 g/mol. The highest BCUT2D eigenvalue weighted by Gasteiger charge is 2.22. The summed E-state index contributed by atoms with van der Waals surface area (Å²) in [5.41, 5.74) is 1.17.